The molecule has 2 nitrogen and oxygen atoms in total. The molecule has 1 atom stereocenters. The first-order chi connectivity index (χ1) is 7.00. The largest absolute Gasteiger partial charge is 0.298 e. The van der Waals surface area contributed by atoms with Gasteiger partial charge >= 0.3 is 0 Å². The zero-order chi connectivity index (χ0) is 11.4. The third-order valence-electron chi connectivity index (χ3n) is 2.80. The van der Waals surface area contributed by atoms with E-state index in [0.29, 0.717) is 0 Å². The van der Waals surface area contributed by atoms with Crippen LogP contribution in [0.25, 0.3) is 0 Å². The van der Waals surface area contributed by atoms with Gasteiger partial charge in [-0.1, -0.05) is 29.8 Å². The minimum atomic E-state index is -0.00805. The first-order valence-electron chi connectivity index (χ1n) is 5.27. The second-order valence-corrected chi connectivity index (χ2v) is 4.19. The Morgan fingerprint density at radius 1 is 1.33 bits per heavy atom. The molecule has 15 heavy (non-hydrogen) atoms. The molecule has 1 rings (SSSR count). The van der Waals surface area contributed by atoms with Crippen molar-refractivity contribution in [1.82, 2.24) is 4.90 Å². The lowest BCUT2D eigenvalue weighted by molar-refractivity contribution is -0.121. The molecule has 2 heteroatoms. The topological polar surface area (TPSA) is 20.3 Å². The fourth-order valence-corrected chi connectivity index (χ4v) is 1.43. The minimum Gasteiger partial charge on any atom is -0.298 e. The second kappa shape index (κ2) is 5.08. The highest BCUT2D eigenvalue weighted by atomic mass is 16.1. The summed E-state index contributed by atoms with van der Waals surface area (Å²) in [5.74, 6) is 0.213. The number of carbonyl (C=O) groups is 1. The maximum absolute atomic E-state index is 11.2. The molecular weight excluding hydrogens is 186 g/mol. The number of hydrogen-bond donors (Lipinski definition) is 0. The fourth-order valence-electron chi connectivity index (χ4n) is 1.43. The smallest absolute Gasteiger partial charge is 0.146 e. The molecule has 0 spiro atoms. The van der Waals surface area contributed by atoms with Gasteiger partial charge in [0.05, 0.1) is 6.04 Å². The zero-order valence-electron chi connectivity index (χ0n) is 9.95. The van der Waals surface area contributed by atoms with E-state index in [9.17, 15) is 4.79 Å². The Bertz CT molecular complexity index is 329. The minimum absolute atomic E-state index is 0.00805. The van der Waals surface area contributed by atoms with E-state index in [-0.39, 0.29) is 11.8 Å². The van der Waals surface area contributed by atoms with Gasteiger partial charge in [0.2, 0.25) is 0 Å². The molecule has 0 bridgehead atoms. The fraction of sp³-hybridized carbons (Fsp3) is 0.462. The maximum atomic E-state index is 11.2. The molecule has 0 aliphatic carbocycles. The monoisotopic (exact) mass is 205 g/mol. The first kappa shape index (κ1) is 11.9. The van der Waals surface area contributed by atoms with Gasteiger partial charge in [-0.2, -0.15) is 0 Å². The van der Waals surface area contributed by atoms with Crippen molar-refractivity contribution in [2.75, 3.05) is 7.05 Å². The van der Waals surface area contributed by atoms with Crippen LogP contribution in [-0.2, 0) is 11.3 Å². The van der Waals surface area contributed by atoms with Crippen molar-refractivity contribution in [1.29, 1.82) is 0 Å². The van der Waals surface area contributed by atoms with Crippen molar-refractivity contribution in [2.45, 2.75) is 33.4 Å². The van der Waals surface area contributed by atoms with Crippen molar-refractivity contribution in [2.24, 2.45) is 0 Å². The van der Waals surface area contributed by atoms with Gasteiger partial charge in [-0.25, -0.2) is 0 Å². The third-order valence-corrected chi connectivity index (χ3v) is 2.80. The van der Waals surface area contributed by atoms with Crippen LogP contribution < -0.4 is 0 Å². The van der Waals surface area contributed by atoms with E-state index in [1.54, 1.807) is 6.92 Å². The maximum Gasteiger partial charge on any atom is 0.146 e. The summed E-state index contributed by atoms with van der Waals surface area (Å²) in [6.07, 6.45) is 0. The van der Waals surface area contributed by atoms with Crippen LogP contribution in [0.5, 0.6) is 0 Å². The number of Topliss-reactive ketones (excluding diaryl/α,β-unsaturated/α-hetero) is 1. The molecule has 1 aromatic carbocycles. The van der Waals surface area contributed by atoms with Crippen molar-refractivity contribution in [3.63, 3.8) is 0 Å². The normalized spacial score (nSPS) is 12.9. The summed E-state index contributed by atoms with van der Waals surface area (Å²) in [6, 6.07) is 8.41. The highest BCUT2D eigenvalue weighted by molar-refractivity contribution is 5.80. The van der Waals surface area contributed by atoms with Gasteiger partial charge in [0, 0.05) is 6.54 Å². The van der Waals surface area contributed by atoms with Gasteiger partial charge in [-0.3, -0.25) is 9.69 Å². The molecule has 0 heterocycles. The molecule has 0 saturated carbocycles. The highest BCUT2D eigenvalue weighted by Crippen LogP contribution is 2.08. The predicted molar refractivity (Wildman–Crippen MR) is 62.8 cm³/mol. The van der Waals surface area contributed by atoms with Gasteiger partial charge in [0.1, 0.15) is 5.78 Å². The molecule has 0 aliphatic heterocycles. The molecule has 0 aromatic heterocycles. The third kappa shape index (κ3) is 3.48. The highest BCUT2D eigenvalue weighted by Gasteiger charge is 2.13. The molecule has 0 aliphatic rings. The average Bonchev–Trinajstić information content (AvgIpc) is 2.20. The lowest BCUT2D eigenvalue weighted by Crippen LogP contribution is -2.33. The molecule has 1 unspecified atom stereocenters. The number of rotatable bonds is 4. The van der Waals surface area contributed by atoms with Crippen LogP contribution in [-0.4, -0.2) is 23.8 Å². The summed E-state index contributed by atoms with van der Waals surface area (Å²) in [5, 5.41) is 0. The van der Waals surface area contributed by atoms with E-state index in [1.165, 1.54) is 11.1 Å². The Balaban J connectivity index is 2.62. The molecule has 1 aromatic rings. The van der Waals surface area contributed by atoms with Gasteiger partial charge in [-0.05, 0) is 33.4 Å². The molecule has 82 valence electrons. The van der Waals surface area contributed by atoms with Crippen molar-refractivity contribution >= 4 is 5.78 Å². The van der Waals surface area contributed by atoms with Crippen molar-refractivity contribution < 1.29 is 4.79 Å². The van der Waals surface area contributed by atoms with Crippen LogP contribution in [0.2, 0.25) is 0 Å². The van der Waals surface area contributed by atoms with Gasteiger partial charge in [0.15, 0.2) is 0 Å². The molecule has 0 fully saturated rings. The number of aryl methyl sites for hydroxylation is 1. The summed E-state index contributed by atoms with van der Waals surface area (Å²) in [6.45, 7) is 6.47. The molecular formula is C13H19NO. The Kier molecular flexibility index (Phi) is 4.04. The lowest BCUT2D eigenvalue weighted by atomic mass is 10.1. The Hall–Kier alpha value is -1.15. The SMILES string of the molecule is CC(=O)C(C)N(C)Cc1ccc(C)cc1. The Labute approximate surface area is 91.9 Å². The average molecular weight is 205 g/mol. The first-order valence-corrected chi connectivity index (χ1v) is 5.27. The van der Waals surface area contributed by atoms with E-state index in [1.807, 2.05) is 14.0 Å². The summed E-state index contributed by atoms with van der Waals surface area (Å²) in [4.78, 5) is 13.3. The zero-order valence-corrected chi connectivity index (χ0v) is 9.95. The van der Waals surface area contributed by atoms with Crippen LogP contribution in [0.15, 0.2) is 24.3 Å². The Morgan fingerprint density at radius 2 is 1.87 bits per heavy atom. The van der Waals surface area contributed by atoms with Gasteiger partial charge in [0.25, 0.3) is 0 Å². The molecule has 0 saturated heterocycles. The quantitative estimate of drug-likeness (QED) is 0.752. The van der Waals surface area contributed by atoms with Crippen LogP contribution in [0, 0.1) is 6.92 Å². The number of nitrogens with zero attached hydrogens (tertiary/aromatic N) is 1. The lowest BCUT2D eigenvalue weighted by Gasteiger charge is -2.22. The van der Waals surface area contributed by atoms with E-state index < -0.39 is 0 Å². The van der Waals surface area contributed by atoms with Crippen LogP contribution in [0.1, 0.15) is 25.0 Å². The molecule has 0 N–H and O–H groups in total. The molecule has 0 radical (unpaired) electrons. The van der Waals surface area contributed by atoms with Crippen LogP contribution in [0.3, 0.4) is 0 Å². The number of carbonyl (C=O) groups excluding carboxylic acids is 1. The van der Waals surface area contributed by atoms with Crippen LogP contribution >= 0.6 is 0 Å². The summed E-state index contributed by atoms with van der Waals surface area (Å²) in [5.41, 5.74) is 2.51. The van der Waals surface area contributed by atoms with Crippen molar-refractivity contribution in [3.05, 3.63) is 35.4 Å². The van der Waals surface area contributed by atoms with Gasteiger partial charge < -0.3 is 0 Å². The molecule has 0 amide bonds. The Morgan fingerprint density at radius 3 is 2.33 bits per heavy atom. The van der Waals surface area contributed by atoms with Crippen LogP contribution in [0.4, 0.5) is 0 Å². The summed E-state index contributed by atoms with van der Waals surface area (Å²) >= 11 is 0. The predicted octanol–water partition coefficient (Wildman–Crippen LogP) is 2.40. The number of likely N-dealkylation sites (N-methyl/N-ethyl adjacent to an activating group) is 1. The number of benzene rings is 1. The number of ketones is 1. The van der Waals surface area contributed by atoms with E-state index in [2.05, 4.69) is 36.1 Å². The van der Waals surface area contributed by atoms with Crippen molar-refractivity contribution in [3.8, 4) is 0 Å². The van der Waals surface area contributed by atoms with E-state index in [4.69, 9.17) is 0 Å². The summed E-state index contributed by atoms with van der Waals surface area (Å²) in [7, 11) is 1.98. The standard InChI is InChI=1S/C13H19NO/c1-10-5-7-13(8-6-10)9-14(4)11(2)12(3)15/h5-8,11H,9H2,1-4H3. The number of hydrogen-bond acceptors (Lipinski definition) is 2. The second-order valence-electron chi connectivity index (χ2n) is 4.19. The van der Waals surface area contributed by atoms with E-state index in [0.717, 1.165) is 6.54 Å². The van der Waals surface area contributed by atoms with E-state index >= 15 is 0 Å². The summed E-state index contributed by atoms with van der Waals surface area (Å²) < 4.78 is 0. The van der Waals surface area contributed by atoms with Gasteiger partial charge in [-0.15, -0.1) is 0 Å².